The molecule has 0 radical (unpaired) electrons. The second-order valence-corrected chi connectivity index (χ2v) is 7.11. The summed E-state index contributed by atoms with van der Waals surface area (Å²) in [5, 5.41) is 3.48. The van der Waals surface area contributed by atoms with E-state index in [0.29, 0.717) is 12.0 Å². The van der Waals surface area contributed by atoms with E-state index in [9.17, 15) is 0 Å². The number of aliphatic imine (C=N–C) groups is 1. The third-order valence-corrected chi connectivity index (χ3v) is 5.15. The van der Waals surface area contributed by atoms with Crippen molar-refractivity contribution in [2.75, 3.05) is 46.5 Å². The Morgan fingerprint density at radius 3 is 2.50 bits per heavy atom. The fraction of sp³-hybridized carbons (Fsp3) is 0.682. The second-order valence-electron chi connectivity index (χ2n) is 7.11. The third kappa shape index (κ3) is 8.66. The average molecular weight is 503 g/mol. The van der Waals surface area contributed by atoms with Gasteiger partial charge in [0.1, 0.15) is 0 Å². The molecule has 1 aromatic rings. The first-order valence-electron chi connectivity index (χ1n) is 10.5. The Morgan fingerprint density at radius 2 is 1.89 bits per heavy atom. The minimum absolute atomic E-state index is 0. The lowest BCUT2D eigenvalue weighted by molar-refractivity contribution is 0.00990. The van der Waals surface area contributed by atoms with Crippen LogP contribution in [0.25, 0.3) is 0 Å². The van der Waals surface area contributed by atoms with Gasteiger partial charge in [0.15, 0.2) is 5.96 Å². The molecule has 0 bridgehead atoms. The Morgan fingerprint density at radius 1 is 1.18 bits per heavy atom. The molecule has 0 aromatic heterocycles. The summed E-state index contributed by atoms with van der Waals surface area (Å²) in [7, 11) is 1.74. The molecule has 0 spiro atoms. The van der Waals surface area contributed by atoms with Crippen molar-refractivity contribution in [3.8, 4) is 0 Å². The smallest absolute Gasteiger partial charge is 0.193 e. The van der Waals surface area contributed by atoms with Gasteiger partial charge in [-0.1, -0.05) is 37.3 Å². The molecule has 1 aliphatic rings. The summed E-state index contributed by atoms with van der Waals surface area (Å²) in [6.07, 6.45) is 4.57. The second kappa shape index (κ2) is 15.0. The zero-order valence-corrected chi connectivity index (χ0v) is 20.1. The van der Waals surface area contributed by atoms with Crippen LogP contribution in [0.4, 0.5) is 0 Å². The highest BCUT2D eigenvalue weighted by molar-refractivity contribution is 14.0. The van der Waals surface area contributed by atoms with Crippen LogP contribution in [0.15, 0.2) is 35.3 Å². The lowest BCUT2D eigenvalue weighted by atomic mass is 9.97. The number of rotatable bonds is 10. The normalized spacial score (nSPS) is 16.5. The van der Waals surface area contributed by atoms with E-state index >= 15 is 0 Å². The van der Waals surface area contributed by atoms with Crippen LogP contribution in [0.5, 0.6) is 0 Å². The minimum atomic E-state index is 0. The highest BCUT2D eigenvalue weighted by Crippen LogP contribution is 2.20. The van der Waals surface area contributed by atoms with Crippen molar-refractivity contribution in [1.82, 2.24) is 10.2 Å². The summed E-state index contributed by atoms with van der Waals surface area (Å²) in [6.45, 7) is 9.68. The van der Waals surface area contributed by atoms with Gasteiger partial charge in [0, 0.05) is 52.4 Å². The van der Waals surface area contributed by atoms with E-state index in [4.69, 9.17) is 14.5 Å². The lowest BCUT2D eigenvalue weighted by Crippen LogP contribution is -2.47. The Balaban J connectivity index is 0.00000392. The molecular formula is C22H38IN3O2. The van der Waals surface area contributed by atoms with Crippen LogP contribution in [-0.2, 0) is 9.47 Å². The molecule has 0 amide bonds. The maximum absolute atomic E-state index is 5.98. The minimum Gasteiger partial charge on any atom is -0.385 e. The number of nitrogens with one attached hydrogen (secondary N) is 1. The number of hydrogen-bond donors (Lipinski definition) is 1. The van der Waals surface area contributed by atoms with Gasteiger partial charge in [-0.15, -0.1) is 24.0 Å². The number of likely N-dealkylation sites (tertiary alicyclic amines) is 1. The zero-order chi connectivity index (χ0) is 19.3. The lowest BCUT2D eigenvalue weighted by Gasteiger charge is -2.34. The molecule has 0 saturated carbocycles. The number of halogens is 1. The molecule has 1 saturated heterocycles. The van der Waals surface area contributed by atoms with Crippen LogP contribution in [0.3, 0.4) is 0 Å². The maximum atomic E-state index is 5.98. The topological polar surface area (TPSA) is 46.1 Å². The molecule has 1 unspecified atom stereocenters. The Hall–Kier alpha value is -0.860. The molecule has 6 heteroatoms. The molecule has 1 aliphatic heterocycles. The number of benzene rings is 1. The highest BCUT2D eigenvalue weighted by Gasteiger charge is 2.22. The third-order valence-electron chi connectivity index (χ3n) is 5.15. The summed E-state index contributed by atoms with van der Waals surface area (Å²) in [5.74, 6) is 1.52. The molecule has 1 N–H and O–H groups in total. The van der Waals surface area contributed by atoms with Crippen molar-refractivity contribution in [3.63, 3.8) is 0 Å². The van der Waals surface area contributed by atoms with Gasteiger partial charge in [-0.2, -0.15) is 0 Å². The maximum Gasteiger partial charge on any atom is 0.193 e. The fourth-order valence-corrected chi connectivity index (χ4v) is 3.51. The predicted molar refractivity (Wildman–Crippen MR) is 128 cm³/mol. The van der Waals surface area contributed by atoms with Gasteiger partial charge in [-0.3, -0.25) is 4.99 Å². The van der Waals surface area contributed by atoms with Crippen molar-refractivity contribution in [2.45, 2.75) is 51.6 Å². The van der Waals surface area contributed by atoms with Gasteiger partial charge in [-0.05, 0) is 38.2 Å². The van der Waals surface area contributed by atoms with Crippen molar-refractivity contribution >= 4 is 29.9 Å². The number of nitrogens with zero attached hydrogens (tertiary/aromatic N) is 2. The molecule has 5 nitrogen and oxygen atoms in total. The molecule has 0 aliphatic carbocycles. The summed E-state index contributed by atoms with van der Waals surface area (Å²) < 4.78 is 11.1. The molecule has 1 heterocycles. The number of guanidine groups is 1. The van der Waals surface area contributed by atoms with E-state index in [1.54, 1.807) is 7.11 Å². The number of methoxy groups -OCH3 is 1. The van der Waals surface area contributed by atoms with E-state index in [1.165, 1.54) is 5.56 Å². The molecule has 1 aromatic carbocycles. The van der Waals surface area contributed by atoms with Crippen LogP contribution in [-0.4, -0.2) is 63.5 Å². The van der Waals surface area contributed by atoms with E-state index in [1.807, 2.05) is 0 Å². The molecule has 2 rings (SSSR count). The van der Waals surface area contributed by atoms with Crippen LogP contribution in [0.2, 0.25) is 0 Å². The summed E-state index contributed by atoms with van der Waals surface area (Å²) >= 11 is 0. The van der Waals surface area contributed by atoms with Crippen LogP contribution in [0, 0.1) is 0 Å². The molecule has 1 atom stereocenters. The number of piperidine rings is 1. The van der Waals surface area contributed by atoms with Crippen molar-refractivity contribution in [1.29, 1.82) is 0 Å². The van der Waals surface area contributed by atoms with E-state index < -0.39 is 0 Å². The molecular weight excluding hydrogens is 465 g/mol. The largest absolute Gasteiger partial charge is 0.385 e. The van der Waals surface area contributed by atoms with Gasteiger partial charge in [0.25, 0.3) is 0 Å². The van der Waals surface area contributed by atoms with Gasteiger partial charge in [-0.25, -0.2) is 0 Å². The first kappa shape index (κ1) is 25.2. The van der Waals surface area contributed by atoms with Crippen LogP contribution >= 0.6 is 24.0 Å². The van der Waals surface area contributed by atoms with Crippen LogP contribution in [0.1, 0.15) is 51.0 Å². The molecule has 160 valence electrons. The number of hydrogen-bond acceptors (Lipinski definition) is 3. The highest BCUT2D eigenvalue weighted by atomic mass is 127. The Kier molecular flexibility index (Phi) is 13.5. The molecule has 1 fully saturated rings. The number of ether oxygens (including phenoxy) is 2. The fourth-order valence-electron chi connectivity index (χ4n) is 3.51. The summed E-state index contributed by atoms with van der Waals surface area (Å²) in [6, 6.07) is 10.7. The predicted octanol–water partition coefficient (Wildman–Crippen LogP) is 4.28. The summed E-state index contributed by atoms with van der Waals surface area (Å²) in [4.78, 5) is 7.36. The summed E-state index contributed by atoms with van der Waals surface area (Å²) in [5.41, 5.74) is 1.38. The average Bonchev–Trinajstić information content (AvgIpc) is 2.72. The monoisotopic (exact) mass is 503 g/mol. The Labute approximate surface area is 188 Å². The zero-order valence-electron chi connectivity index (χ0n) is 17.7. The van der Waals surface area contributed by atoms with E-state index in [-0.39, 0.29) is 24.0 Å². The quantitative estimate of drug-likeness (QED) is 0.224. The van der Waals surface area contributed by atoms with E-state index in [2.05, 4.69) is 54.4 Å². The van der Waals surface area contributed by atoms with Gasteiger partial charge in [0.2, 0.25) is 0 Å². The van der Waals surface area contributed by atoms with Crippen LogP contribution < -0.4 is 5.32 Å². The van der Waals surface area contributed by atoms with Crippen molar-refractivity contribution < 1.29 is 9.47 Å². The standard InChI is InChI=1S/C22H37N3O2.HI/c1-4-19(20-10-7-6-8-11-20)18-24-22(23-5-2)25-14-12-21(13-15-25)27-17-9-16-26-3;/h6-8,10-11,19,21H,4-5,9,12-18H2,1-3H3,(H,23,24);1H. The SMILES string of the molecule is CCNC(=NCC(CC)c1ccccc1)N1CCC(OCCCOC)CC1.I. The van der Waals surface area contributed by atoms with E-state index in [0.717, 1.165) is 71.0 Å². The van der Waals surface area contributed by atoms with Crippen molar-refractivity contribution in [2.24, 2.45) is 4.99 Å². The molecule has 28 heavy (non-hydrogen) atoms. The van der Waals surface area contributed by atoms with Gasteiger partial charge in [0.05, 0.1) is 6.10 Å². The first-order chi connectivity index (χ1) is 13.3. The first-order valence-corrected chi connectivity index (χ1v) is 10.5. The van der Waals surface area contributed by atoms with Crippen molar-refractivity contribution in [3.05, 3.63) is 35.9 Å². The van der Waals surface area contributed by atoms with Gasteiger partial charge < -0.3 is 19.7 Å². The van der Waals surface area contributed by atoms with Gasteiger partial charge >= 0.3 is 0 Å². The Bertz CT molecular complexity index is 534.